The van der Waals surface area contributed by atoms with Gasteiger partial charge in [0.2, 0.25) is 21.8 Å². The lowest BCUT2D eigenvalue weighted by molar-refractivity contribution is -0.150. The molecule has 1 rings (SSSR count). The van der Waals surface area contributed by atoms with Crippen LogP contribution < -0.4 is 5.14 Å². The first-order valence-electron chi connectivity index (χ1n) is 7.31. The monoisotopic (exact) mass is 319 g/mol. The van der Waals surface area contributed by atoms with E-state index < -0.39 is 16.1 Å². The normalized spacial score (nSPS) is 20.0. The van der Waals surface area contributed by atoms with Crippen molar-refractivity contribution in [3.05, 3.63) is 0 Å². The molecule has 1 unspecified atom stereocenters. The van der Waals surface area contributed by atoms with Gasteiger partial charge in [0, 0.05) is 26.6 Å². The number of carbonyl (C=O) groups excluding carboxylic acids is 2. The number of nitrogens with two attached hydrogens (primary N) is 1. The Kier molecular flexibility index (Phi) is 6.60. The van der Waals surface area contributed by atoms with Gasteiger partial charge in [-0.1, -0.05) is 19.8 Å². The van der Waals surface area contributed by atoms with E-state index in [0.717, 1.165) is 12.8 Å². The molecule has 122 valence electrons. The number of rotatable bonds is 7. The maximum absolute atomic E-state index is 12.2. The molecular weight excluding hydrogens is 294 g/mol. The van der Waals surface area contributed by atoms with Crippen molar-refractivity contribution in [2.45, 2.75) is 45.1 Å². The molecule has 1 atom stereocenters. The zero-order chi connectivity index (χ0) is 16.0. The summed E-state index contributed by atoms with van der Waals surface area (Å²) in [5.41, 5.74) is 0. The zero-order valence-electron chi connectivity index (χ0n) is 12.7. The second-order valence-corrected chi connectivity index (χ2v) is 7.21. The Bertz CT molecular complexity index is 478. The van der Waals surface area contributed by atoms with Gasteiger partial charge in [0.1, 0.15) is 6.04 Å². The first-order chi connectivity index (χ1) is 9.76. The van der Waals surface area contributed by atoms with Crippen LogP contribution in [0.4, 0.5) is 0 Å². The molecular formula is C13H25N3O4S. The fourth-order valence-electron chi connectivity index (χ4n) is 2.45. The molecule has 0 bridgehead atoms. The van der Waals surface area contributed by atoms with Gasteiger partial charge in [0.25, 0.3) is 0 Å². The predicted molar refractivity (Wildman–Crippen MR) is 79.9 cm³/mol. The standard InChI is InChI=1S/C13H25N3O4S/c1-3-4-6-11-13(18)15(2)8-9-16(11)12(17)7-5-10-21(14,19)20/h11H,3-10H2,1-2H3,(H2,14,19,20). The molecule has 1 aliphatic heterocycles. The summed E-state index contributed by atoms with van der Waals surface area (Å²) in [6.07, 6.45) is 2.79. The molecule has 0 aromatic carbocycles. The van der Waals surface area contributed by atoms with E-state index in [4.69, 9.17) is 5.14 Å². The van der Waals surface area contributed by atoms with Crippen LogP contribution in [-0.4, -0.2) is 62.0 Å². The first kappa shape index (κ1) is 17.9. The molecule has 7 nitrogen and oxygen atoms in total. The zero-order valence-corrected chi connectivity index (χ0v) is 13.6. The predicted octanol–water partition coefficient (Wildman–Crippen LogP) is -0.0855. The van der Waals surface area contributed by atoms with Crippen molar-refractivity contribution in [1.29, 1.82) is 0 Å². The summed E-state index contributed by atoms with van der Waals surface area (Å²) in [6.45, 7) is 3.06. The van der Waals surface area contributed by atoms with Crippen molar-refractivity contribution < 1.29 is 18.0 Å². The topological polar surface area (TPSA) is 101 Å². The van der Waals surface area contributed by atoms with Crippen LogP contribution in [0.1, 0.15) is 39.0 Å². The average molecular weight is 319 g/mol. The lowest BCUT2D eigenvalue weighted by Crippen LogP contribution is -2.57. The minimum absolute atomic E-state index is 0.0329. The number of primary sulfonamides is 1. The second kappa shape index (κ2) is 7.74. The molecule has 2 amide bonds. The van der Waals surface area contributed by atoms with Crippen LogP contribution in [0.2, 0.25) is 0 Å². The van der Waals surface area contributed by atoms with E-state index in [0.29, 0.717) is 19.5 Å². The third-order valence-electron chi connectivity index (χ3n) is 3.68. The smallest absolute Gasteiger partial charge is 0.245 e. The summed E-state index contributed by atoms with van der Waals surface area (Å²) in [6, 6.07) is -0.411. The number of piperazine rings is 1. The second-order valence-electron chi connectivity index (χ2n) is 5.48. The maximum atomic E-state index is 12.2. The lowest BCUT2D eigenvalue weighted by Gasteiger charge is -2.39. The number of carbonyl (C=O) groups is 2. The van der Waals surface area contributed by atoms with Crippen molar-refractivity contribution in [2.75, 3.05) is 25.9 Å². The van der Waals surface area contributed by atoms with Gasteiger partial charge in [-0.05, 0) is 12.8 Å². The fourth-order valence-corrected chi connectivity index (χ4v) is 3.00. The first-order valence-corrected chi connectivity index (χ1v) is 9.02. The van der Waals surface area contributed by atoms with Gasteiger partial charge in [-0.15, -0.1) is 0 Å². The third kappa shape index (κ3) is 5.62. The van der Waals surface area contributed by atoms with Crippen molar-refractivity contribution in [3.8, 4) is 0 Å². The molecule has 0 saturated carbocycles. The highest BCUT2D eigenvalue weighted by Crippen LogP contribution is 2.17. The highest BCUT2D eigenvalue weighted by atomic mass is 32.2. The quantitative estimate of drug-likeness (QED) is 0.709. The van der Waals surface area contributed by atoms with Crippen LogP contribution >= 0.6 is 0 Å². The van der Waals surface area contributed by atoms with Crippen LogP contribution in [0.15, 0.2) is 0 Å². The number of amides is 2. The van der Waals surface area contributed by atoms with Gasteiger partial charge < -0.3 is 9.80 Å². The van der Waals surface area contributed by atoms with Crippen molar-refractivity contribution in [3.63, 3.8) is 0 Å². The van der Waals surface area contributed by atoms with E-state index in [-0.39, 0.29) is 30.4 Å². The number of hydrogen-bond acceptors (Lipinski definition) is 4. The Hall–Kier alpha value is -1.15. The summed E-state index contributed by atoms with van der Waals surface area (Å²) in [4.78, 5) is 27.7. The number of hydrogen-bond donors (Lipinski definition) is 1. The fraction of sp³-hybridized carbons (Fsp3) is 0.846. The molecule has 8 heteroatoms. The van der Waals surface area contributed by atoms with E-state index in [9.17, 15) is 18.0 Å². The third-order valence-corrected chi connectivity index (χ3v) is 4.54. The average Bonchev–Trinajstić information content (AvgIpc) is 2.38. The maximum Gasteiger partial charge on any atom is 0.245 e. The molecule has 1 heterocycles. The summed E-state index contributed by atoms with van der Waals surface area (Å²) in [7, 11) is -1.80. The Balaban J connectivity index is 2.63. The minimum atomic E-state index is -3.54. The van der Waals surface area contributed by atoms with Gasteiger partial charge >= 0.3 is 0 Å². The SMILES string of the molecule is CCCCC1C(=O)N(C)CCN1C(=O)CCCS(N)(=O)=O. The van der Waals surface area contributed by atoms with Gasteiger partial charge in [-0.2, -0.15) is 0 Å². The van der Waals surface area contributed by atoms with E-state index in [1.54, 1.807) is 16.8 Å². The Morgan fingerprint density at radius 3 is 2.57 bits per heavy atom. The number of sulfonamides is 1. The molecule has 1 saturated heterocycles. The van der Waals surface area contributed by atoms with Crippen molar-refractivity contribution in [2.24, 2.45) is 5.14 Å². The van der Waals surface area contributed by atoms with Crippen LogP contribution in [0, 0.1) is 0 Å². The molecule has 0 aliphatic carbocycles. The van der Waals surface area contributed by atoms with Gasteiger partial charge in [0.05, 0.1) is 5.75 Å². The Morgan fingerprint density at radius 1 is 1.33 bits per heavy atom. The van der Waals surface area contributed by atoms with E-state index in [2.05, 4.69) is 0 Å². The van der Waals surface area contributed by atoms with E-state index in [1.807, 2.05) is 6.92 Å². The Morgan fingerprint density at radius 2 is 2.00 bits per heavy atom. The summed E-state index contributed by atoms with van der Waals surface area (Å²) in [5.74, 6) is -0.407. The van der Waals surface area contributed by atoms with Gasteiger partial charge in [-0.3, -0.25) is 9.59 Å². The summed E-state index contributed by atoms with van der Waals surface area (Å²) in [5, 5.41) is 4.92. The van der Waals surface area contributed by atoms with E-state index >= 15 is 0 Å². The molecule has 0 spiro atoms. The van der Waals surface area contributed by atoms with Crippen molar-refractivity contribution >= 4 is 21.8 Å². The van der Waals surface area contributed by atoms with Crippen molar-refractivity contribution in [1.82, 2.24) is 9.80 Å². The minimum Gasteiger partial charge on any atom is -0.342 e. The number of likely N-dealkylation sites (N-methyl/N-ethyl adjacent to an activating group) is 1. The molecule has 1 aliphatic rings. The lowest BCUT2D eigenvalue weighted by atomic mass is 10.0. The molecule has 0 aromatic heterocycles. The molecule has 21 heavy (non-hydrogen) atoms. The van der Waals surface area contributed by atoms with Gasteiger partial charge in [0.15, 0.2) is 0 Å². The molecule has 0 radical (unpaired) electrons. The number of nitrogens with zero attached hydrogens (tertiary/aromatic N) is 2. The Labute approximate surface area is 126 Å². The number of unbranched alkanes of at least 4 members (excludes halogenated alkanes) is 1. The van der Waals surface area contributed by atoms with Crippen LogP contribution in [0.25, 0.3) is 0 Å². The highest BCUT2D eigenvalue weighted by molar-refractivity contribution is 7.89. The molecule has 2 N–H and O–H groups in total. The summed E-state index contributed by atoms with van der Waals surface area (Å²) >= 11 is 0. The molecule has 1 fully saturated rings. The summed E-state index contributed by atoms with van der Waals surface area (Å²) < 4.78 is 21.8. The molecule has 0 aromatic rings. The van der Waals surface area contributed by atoms with Crippen LogP contribution in [-0.2, 0) is 19.6 Å². The van der Waals surface area contributed by atoms with Gasteiger partial charge in [-0.25, -0.2) is 13.6 Å². The van der Waals surface area contributed by atoms with Crippen LogP contribution in [0.5, 0.6) is 0 Å². The van der Waals surface area contributed by atoms with E-state index in [1.165, 1.54) is 0 Å². The largest absolute Gasteiger partial charge is 0.342 e. The highest BCUT2D eigenvalue weighted by Gasteiger charge is 2.34. The van der Waals surface area contributed by atoms with Crippen LogP contribution in [0.3, 0.4) is 0 Å².